The smallest absolute Gasteiger partial charge is 0.131 e. The lowest BCUT2D eigenvalue weighted by atomic mass is 10.0. The molecule has 1 aromatic rings. The van der Waals surface area contributed by atoms with Gasteiger partial charge in [0.15, 0.2) is 0 Å². The highest BCUT2D eigenvalue weighted by molar-refractivity contribution is 5.48. The second-order valence-corrected chi connectivity index (χ2v) is 5.05. The molecule has 94 valence electrons. The Bertz CT molecular complexity index is 376. The first-order valence-corrected chi connectivity index (χ1v) is 6.59. The van der Waals surface area contributed by atoms with E-state index in [2.05, 4.69) is 35.1 Å². The maximum absolute atomic E-state index is 4.66. The molecule has 3 nitrogen and oxygen atoms in total. The molecule has 1 atom stereocenters. The summed E-state index contributed by atoms with van der Waals surface area (Å²) in [5, 5.41) is 3.17. The van der Waals surface area contributed by atoms with Gasteiger partial charge in [-0.2, -0.15) is 0 Å². The van der Waals surface area contributed by atoms with Crippen LogP contribution in [0.25, 0.3) is 0 Å². The largest absolute Gasteiger partial charge is 0.354 e. The third-order valence-corrected chi connectivity index (χ3v) is 3.56. The van der Waals surface area contributed by atoms with Crippen LogP contribution in [0.5, 0.6) is 0 Å². The molecule has 17 heavy (non-hydrogen) atoms. The van der Waals surface area contributed by atoms with Gasteiger partial charge in [-0.1, -0.05) is 0 Å². The number of pyridine rings is 1. The van der Waals surface area contributed by atoms with Gasteiger partial charge >= 0.3 is 0 Å². The number of nitrogens with zero attached hydrogens (tertiary/aromatic N) is 2. The van der Waals surface area contributed by atoms with Gasteiger partial charge in [0.2, 0.25) is 0 Å². The first-order chi connectivity index (χ1) is 8.22. The topological polar surface area (TPSA) is 28.2 Å². The Balaban J connectivity index is 2.20. The number of hydrogen-bond donors (Lipinski definition) is 1. The second-order valence-electron chi connectivity index (χ2n) is 5.05. The maximum Gasteiger partial charge on any atom is 0.131 e. The Morgan fingerprint density at radius 1 is 1.47 bits per heavy atom. The molecular formula is C14H23N3. The van der Waals surface area contributed by atoms with E-state index >= 15 is 0 Å². The Morgan fingerprint density at radius 2 is 2.29 bits per heavy atom. The van der Waals surface area contributed by atoms with E-state index in [-0.39, 0.29) is 0 Å². The Labute approximate surface area is 104 Å². The molecule has 1 aliphatic heterocycles. The molecule has 0 aliphatic carbocycles. The summed E-state index contributed by atoms with van der Waals surface area (Å²) in [5.41, 5.74) is 2.56. The van der Waals surface area contributed by atoms with Gasteiger partial charge in [-0.25, -0.2) is 4.98 Å². The van der Waals surface area contributed by atoms with E-state index in [4.69, 9.17) is 0 Å². The van der Waals surface area contributed by atoms with Crippen LogP contribution in [-0.4, -0.2) is 24.6 Å². The molecule has 2 heterocycles. The summed E-state index contributed by atoms with van der Waals surface area (Å²) in [5.74, 6) is 1.18. The van der Waals surface area contributed by atoms with Crippen molar-refractivity contribution in [3.8, 4) is 0 Å². The van der Waals surface area contributed by atoms with Gasteiger partial charge in [0.25, 0.3) is 0 Å². The van der Waals surface area contributed by atoms with Gasteiger partial charge in [-0.15, -0.1) is 0 Å². The van der Waals surface area contributed by atoms with Crippen molar-refractivity contribution in [2.75, 3.05) is 18.5 Å². The van der Waals surface area contributed by atoms with Crippen molar-refractivity contribution in [3.05, 3.63) is 23.4 Å². The predicted molar refractivity (Wildman–Crippen MR) is 72.4 cm³/mol. The minimum Gasteiger partial charge on any atom is -0.354 e. The molecule has 0 saturated carbocycles. The van der Waals surface area contributed by atoms with Gasteiger partial charge in [-0.3, -0.25) is 0 Å². The first-order valence-electron chi connectivity index (χ1n) is 6.59. The van der Waals surface area contributed by atoms with Crippen LogP contribution in [0.3, 0.4) is 0 Å². The highest BCUT2D eigenvalue weighted by atomic mass is 15.2. The summed E-state index contributed by atoms with van der Waals surface area (Å²) in [4.78, 5) is 7.12. The van der Waals surface area contributed by atoms with Crippen molar-refractivity contribution in [2.24, 2.45) is 0 Å². The van der Waals surface area contributed by atoms with E-state index in [1.807, 2.05) is 13.2 Å². The molecule has 1 aromatic heterocycles. The van der Waals surface area contributed by atoms with Crippen LogP contribution in [-0.2, 0) is 6.54 Å². The molecule has 0 radical (unpaired) electrons. The van der Waals surface area contributed by atoms with Gasteiger partial charge in [-0.05, 0) is 57.4 Å². The Morgan fingerprint density at radius 3 is 2.94 bits per heavy atom. The fourth-order valence-electron chi connectivity index (χ4n) is 2.64. The van der Waals surface area contributed by atoms with Crippen molar-refractivity contribution in [1.82, 2.24) is 10.3 Å². The SMILES string of the molecule is CNCc1cnc(N2CCCCC2C)c(C)c1. The minimum absolute atomic E-state index is 0.630. The summed E-state index contributed by atoms with van der Waals surface area (Å²) in [7, 11) is 1.97. The van der Waals surface area contributed by atoms with Crippen LogP contribution in [0.4, 0.5) is 5.82 Å². The lowest BCUT2D eigenvalue weighted by Crippen LogP contribution is -2.38. The van der Waals surface area contributed by atoms with E-state index in [9.17, 15) is 0 Å². The molecular weight excluding hydrogens is 210 g/mol. The lowest BCUT2D eigenvalue weighted by molar-refractivity contribution is 0.480. The molecule has 3 heteroatoms. The number of aromatic nitrogens is 1. The summed E-state index contributed by atoms with van der Waals surface area (Å²) in [6, 6.07) is 2.88. The Kier molecular flexibility index (Phi) is 4.00. The average molecular weight is 233 g/mol. The van der Waals surface area contributed by atoms with Crippen molar-refractivity contribution < 1.29 is 0 Å². The number of hydrogen-bond acceptors (Lipinski definition) is 3. The number of nitrogens with one attached hydrogen (secondary N) is 1. The van der Waals surface area contributed by atoms with Gasteiger partial charge in [0, 0.05) is 25.3 Å². The normalized spacial score (nSPS) is 20.6. The highest BCUT2D eigenvalue weighted by Crippen LogP contribution is 2.25. The molecule has 1 N–H and O–H groups in total. The van der Waals surface area contributed by atoms with E-state index in [0.717, 1.165) is 13.1 Å². The van der Waals surface area contributed by atoms with E-state index < -0.39 is 0 Å². The zero-order valence-corrected chi connectivity index (χ0v) is 11.2. The third kappa shape index (κ3) is 2.78. The number of piperidine rings is 1. The van der Waals surface area contributed by atoms with E-state index in [0.29, 0.717) is 6.04 Å². The second kappa shape index (κ2) is 5.50. The molecule has 0 aromatic carbocycles. The molecule has 1 saturated heterocycles. The fraction of sp³-hybridized carbons (Fsp3) is 0.643. The van der Waals surface area contributed by atoms with E-state index in [1.165, 1.54) is 36.2 Å². The quantitative estimate of drug-likeness (QED) is 0.869. The predicted octanol–water partition coefficient (Wildman–Crippen LogP) is 2.49. The molecule has 0 amide bonds. The lowest BCUT2D eigenvalue weighted by Gasteiger charge is -2.35. The average Bonchev–Trinajstić information content (AvgIpc) is 2.31. The van der Waals surface area contributed by atoms with Crippen molar-refractivity contribution in [2.45, 2.75) is 45.7 Å². The number of aryl methyl sites for hydroxylation is 1. The van der Waals surface area contributed by atoms with Gasteiger partial charge < -0.3 is 10.2 Å². The minimum atomic E-state index is 0.630. The van der Waals surface area contributed by atoms with Crippen LogP contribution in [0.15, 0.2) is 12.3 Å². The highest BCUT2D eigenvalue weighted by Gasteiger charge is 2.20. The monoisotopic (exact) mass is 233 g/mol. The van der Waals surface area contributed by atoms with E-state index in [1.54, 1.807) is 0 Å². The standard InChI is InChI=1S/C14H23N3/c1-11-8-13(9-15-3)10-16-14(11)17-7-5-4-6-12(17)2/h8,10,12,15H,4-7,9H2,1-3H3. The van der Waals surface area contributed by atoms with Crippen LogP contribution >= 0.6 is 0 Å². The molecule has 1 fully saturated rings. The molecule has 1 unspecified atom stereocenters. The Hall–Kier alpha value is -1.09. The summed E-state index contributed by atoms with van der Waals surface area (Å²) in [6.07, 6.45) is 5.94. The summed E-state index contributed by atoms with van der Waals surface area (Å²) < 4.78 is 0. The fourth-order valence-corrected chi connectivity index (χ4v) is 2.64. The van der Waals surface area contributed by atoms with Crippen LogP contribution < -0.4 is 10.2 Å². The van der Waals surface area contributed by atoms with Crippen LogP contribution in [0.2, 0.25) is 0 Å². The van der Waals surface area contributed by atoms with Crippen LogP contribution in [0, 0.1) is 6.92 Å². The zero-order valence-electron chi connectivity index (χ0n) is 11.2. The number of anilines is 1. The van der Waals surface area contributed by atoms with Crippen molar-refractivity contribution >= 4 is 5.82 Å². The summed E-state index contributed by atoms with van der Waals surface area (Å²) in [6.45, 7) is 6.52. The number of rotatable bonds is 3. The zero-order chi connectivity index (χ0) is 12.3. The maximum atomic E-state index is 4.66. The molecule has 0 bridgehead atoms. The van der Waals surface area contributed by atoms with Gasteiger partial charge in [0.05, 0.1) is 0 Å². The van der Waals surface area contributed by atoms with Crippen molar-refractivity contribution in [1.29, 1.82) is 0 Å². The molecule has 0 spiro atoms. The first kappa shape index (κ1) is 12.4. The molecule has 2 rings (SSSR count). The van der Waals surface area contributed by atoms with Crippen molar-refractivity contribution in [3.63, 3.8) is 0 Å². The van der Waals surface area contributed by atoms with Gasteiger partial charge in [0.1, 0.15) is 5.82 Å². The molecule has 1 aliphatic rings. The van der Waals surface area contributed by atoms with Crippen LogP contribution in [0.1, 0.15) is 37.3 Å². The summed E-state index contributed by atoms with van der Waals surface area (Å²) >= 11 is 0. The third-order valence-electron chi connectivity index (χ3n) is 3.56.